The Labute approximate surface area is 146 Å². The van der Waals surface area contributed by atoms with Crippen molar-refractivity contribution < 1.29 is 9.59 Å². The highest BCUT2D eigenvalue weighted by Gasteiger charge is 2.10. The smallest absolute Gasteiger partial charge is 0.239 e. The lowest BCUT2D eigenvalue weighted by molar-refractivity contribution is -0.125. The lowest BCUT2D eigenvalue weighted by Crippen LogP contribution is -2.37. The number of carbonyl (C=O) groups excluding carboxylic acids is 2. The van der Waals surface area contributed by atoms with Crippen molar-refractivity contribution in [3.05, 3.63) is 71.4 Å². The van der Waals surface area contributed by atoms with E-state index < -0.39 is 0 Å². The molecule has 0 aliphatic rings. The molecule has 25 heavy (non-hydrogen) atoms. The van der Waals surface area contributed by atoms with Gasteiger partial charge in [0.15, 0.2) is 0 Å². The van der Waals surface area contributed by atoms with Crippen LogP contribution in [-0.2, 0) is 22.6 Å². The van der Waals surface area contributed by atoms with Gasteiger partial charge in [0.2, 0.25) is 11.8 Å². The molecule has 0 saturated heterocycles. The average molecular weight is 335 g/mol. The van der Waals surface area contributed by atoms with Gasteiger partial charge in [-0.3, -0.25) is 9.59 Å². The fourth-order valence-electron chi connectivity index (χ4n) is 2.76. The number of hydrogen-bond donors (Lipinski definition) is 3. The Morgan fingerprint density at radius 3 is 2.52 bits per heavy atom. The van der Waals surface area contributed by atoms with E-state index in [-0.39, 0.29) is 24.8 Å². The van der Waals surface area contributed by atoms with E-state index in [0.29, 0.717) is 6.54 Å². The molecule has 0 aliphatic heterocycles. The first-order valence-electron chi connectivity index (χ1n) is 8.26. The van der Waals surface area contributed by atoms with Gasteiger partial charge in [-0.15, -0.1) is 0 Å². The first-order chi connectivity index (χ1) is 12.1. The second-order valence-corrected chi connectivity index (χ2v) is 6.02. The maximum atomic E-state index is 12.1. The lowest BCUT2D eigenvalue weighted by atomic mass is 10.1. The maximum Gasteiger partial charge on any atom is 0.239 e. The van der Waals surface area contributed by atoms with Gasteiger partial charge in [0.25, 0.3) is 0 Å². The molecule has 3 rings (SSSR count). The Bertz CT molecular complexity index is 899. The summed E-state index contributed by atoms with van der Waals surface area (Å²) in [4.78, 5) is 27.1. The molecule has 2 aromatic carbocycles. The van der Waals surface area contributed by atoms with Gasteiger partial charge in [-0.05, 0) is 29.7 Å². The third kappa shape index (κ3) is 4.26. The van der Waals surface area contributed by atoms with Crippen LogP contribution in [0.3, 0.4) is 0 Å². The van der Waals surface area contributed by atoms with Crippen molar-refractivity contribution in [1.82, 2.24) is 15.6 Å². The van der Waals surface area contributed by atoms with Gasteiger partial charge in [-0.2, -0.15) is 0 Å². The van der Waals surface area contributed by atoms with Gasteiger partial charge in [-0.25, -0.2) is 0 Å². The molecule has 2 amide bonds. The highest BCUT2D eigenvalue weighted by atomic mass is 16.2. The van der Waals surface area contributed by atoms with Crippen molar-refractivity contribution in [1.29, 1.82) is 0 Å². The summed E-state index contributed by atoms with van der Waals surface area (Å²) in [5, 5.41) is 6.52. The Morgan fingerprint density at radius 1 is 0.920 bits per heavy atom. The normalized spacial score (nSPS) is 10.6. The van der Waals surface area contributed by atoms with Crippen molar-refractivity contribution in [2.45, 2.75) is 19.9 Å². The van der Waals surface area contributed by atoms with Crippen LogP contribution < -0.4 is 10.6 Å². The number of para-hydroxylation sites is 1. The van der Waals surface area contributed by atoms with E-state index in [1.807, 2.05) is 61.7 Å². The van der Waals surface area contributed by atoms with Crippen molar-refractivity contribution in [3.8, 4) is 0 Å². The SMILES string of the molecule is Cc1ccccc1CNC(=O)CNC(=O)Cc1c[nH]c2ccccc12. The van der Waals surface area contributed by atoms with E-state index in [4.69, 9.17) is 0 Å². The Morgan fingerprint density at radius 2 is 1.68 bits per heavy atom. The lowest BCUT2D eigenvalue weighted by Gasteiger charge is -2.09. The van der Waals surface area contributed by atoms with E-state index in [1.54, 1.807) is 0 Å². The van der Waals surface area contributed by atoms with Crippen LogP contribution in [0.5, 0.6) is 0 Å². The zero-order valence-electron chi connectivity index (χ0n) is 14.1. The second kappa shape index (κ2) is 7.66. The molecule has 3 N–H and O–H groups in total. The van der Waals surface area contributed by atoms with E-state index in [1.165, 1.54) is 0 Å². The number of H-pyrrole nitrogens is 1. The third-order valence-corrected chi connectivity index (χ3v) is 4.21. The number of benzene rings is 2. The van der Waals surface area contributed by atoms with Crippen LogP contribution in [0.25, 0.3) is 10.9 Å². The van der Waals surface area contributed by atoms with Crippen molar-refractivity contribution in [2.75, 3.05) is 6.54 Å². The van der Waals surface area contributed by atoms with E-state index in [9.17, 15) is 9.59 Å². The van der Waals surface area contributed by atoms with Crippen LogP contribution in [0, 0.1) is 6.92 Å². The Balaban J connectivity index is 1.47. The molecule has 0 radical (unpaired) electrons. The zero-order chi connectivity index (χ0) is 17.6. The number of nitrogens with one attached hydrogen (secondary N) is 3. The second-order valence-electron chi connectivity index (χ2n) is 6.02. The third-order valence-electron chi connectivity index (χ3n) is 4.21. The van der Waals surface area contributed by atoms with Gasteiger partial charge in [-0.1, -0.05) is 42.5 Å². The predicted molar refractivity (Wildman–Crippen MR) is 98.0 cm³/mol. The number of amides is 2. The number of carbonyl (C=O) groups is 2. The summed E-state index contributed by atoms with van der Waals surface area (Å²) in [6, 6.07) is 15.7. The van der Waals surface area contributed by atoms with Crippen LogP contribution >= 0.6 is 0 Å². The summed E-state index contributed by atoms with van der Waals surface area (Å²) in [5.41, 5.74) is 4.13. The van der Waals surface area contributed by atoms with Gasteiger partial charge >= 0.3 is 0 Å². The highest BCUT2D eigenvalue weighted by Crippen LogP contribution is 2.17. The van der Waals surface area contributed by atoms with Gasteiger partial charge in [0, 0.05) is 23.6 Å². The summed E-state index contributed by atoms with van der Waals surface area (Å²) in [7, 11) is 0. The topological polar surface area (TPSA) is 74.0 Å². The number of fused-ring (bicyclic) bond motifs is 1. The number of aromatic nitrogens is 1. The summed E-state index contributed by atoms with van der Waals surface area (Å²) < 4.78 is 0. The van der Waals surface area contributed by atoms with Gasteiger partial charge in [0.1, 0.15) is 0 Å². The minimum atomic E-state index is -0.199. The molecule has 3 aromatic rings. The van der Waals surface area contributed by atoms with Crippen molar-refractivity contribution in [2.24, 2.45) is 0 Å². The fourth-order valence-corrected chi connectivity index (χ4v) is 2.76. The molecular formula is C20H21N3O2. The predicted octanol–water partition coefficient (Wildman–Crippen LogP) is 2.45. The number of aryl methyl sites for hydroxylation is 1. The average Bonchev–Trinajstić information content (AvgIpc) is 3.02. The first-order valence-corrected chi connectivity index (χ1v) is 8.26. The van der Waals surface area contributed by atoms with Gasteiger partial charge < -0.3 is 15.6 Å². The van der Waals surface area contributed by atoms with Gasteiger partial charge in [0.05, 0.1) is 13.0 Å². The van der Waals surface area contributed by atoms with Crippen LogP contribution in [0.1, 0.15) is 16.7 Å². The minimum absolute atomic E-state index is 0.0208. The highest BCUT2D eigenvalue weighted by molar-refractivity contribution is 5.90. The molecule has 1 heterocycles. The number of hydrogen-bond acceptors (Lipinski definition) is 2. The summed E-state index contributed by atoms with van der Waals surface area (Å²) >= 11 is 0. The van der Waals surface area contributed by atoms with Crippen LogP contribution in [-0.4, -0.2) is 23.3 Å². The van der Waals surface area contributed by atoms with Crippen molar-refractivity contribution in [3.63, 3.8) is 0 Å². The van der Waals surface area contributed by atoms with E-state index >= 15 is 0 Å². The van der Waals surface area contributed by atoms with Crippen LogP contribution in [0.4, 0.5) is 0 Å². The summed E-state index contributed by atoms with van der Waals surface area (Å²) in [6.07, 6.45) is 2.08. The molecule has 0 saturated carbocycles. The minimum Gasteiger partial charge on any atom is -0.361 e. The molecule has 0 atom stereocenters. The monoisotopic (exact) mass is 335 g/mol. The van der Waals surface area contributed by atoms with Crippen molar-refractivity contribution >= 4 is 22.7 Å². The number of rotatable bonds is 6. The molecule has 5 nitrogen and oxygen atoms in total. The molecule has 1 aromatic heterocycles. The summed E-state index contributed by atoms with van der Waals surface area (Å²) in [6.45, 7) is 2.45. The Hall–Kier alpha value is -3.08. The maximum absolute atomic E-state index is 12.1. The fraction of sp³-hybridized carbons (Fsp3) is 0.200. The molecule has 0 aliphatic carbocycles. The molecule has 0 fully saturated rings. The van der Waals surface area contributed by atoms with E-state index in [0.717, 1.165) is 27.6 Å². The number of aromatic amines is 1. The first kappa shape index (κ1) is 16.8. The molecule has 0 bridgehead atoms. The Kier molecular flexibility index (Phi) is 5.14. The largest absolute Gasteiger partial charge is 0.361 e. The molecule has 0 unspecified atom stereocenters. The standard InChI is InChI=1S/C20H21N3O2/c1-14-6-2-3-7-15(14)11-22-20(25)13-23-19(24)10-16-12-21-18-9-5-4-8-17(16)18/h2-9,12,21H,10-11,13H2,1H3,(H,22,25)(H,23,24). The summed E-state index contributed by atoms with van der Waals surface area (Å²) in [5.74, 6) is -0.369. The molecular weight excluding hydrogens is 314 g/mol. The zero-order valence-corrected chi connectivity index (χ0v) is 14.1. The molecule has 5 heteroatoms. The van der Waals surface area contributed by atoms with Crippen LogP contribution in [0.2, 0.25) is 0 Å². The van der Waals surface area contributed by atoms with Crippen LogP contribution in [0.15, 0.2) is 54.7 Å². The van der Waals surface area contributed by atoms with E-state index in [2.05, 4.69) is 15.6 Å². The molecule has 0 spiro atoms. The molecule has 128 valence electrons. The quantitative estimate of drug-likeness (QED) is 0.647.